The van der Waals surface area contributed by atoms with Gasteiger partial charge in [0, 0.05) is 24.3 Å². The van der Waals surface area contributed by atoms with Crippen LogP contribution in [0.25, 0.3) is 6.08 Å². The van der Waals surface area contributed by atoms with Crippen molar-refractivity contribution in [2.75, 3.05) is 18.0 Å². The predicted octanol–water partition coefficient (Wildman–Crippen LogP) is 5.17. The third kappa shape index (κ3) is 4.33. The molecule has 4 heteroatoms. The number of carbonyl (C=O) groups is 1. The molecule has 0 fully saturated rings. The zero-order chi connectivity index (χ0) is 20.3. The van der Waals surface area contributed by atoms with E-state index in [4.69, 9.17) is 4.74 Å². The molecule has 0 spiro atoms. The van der Waals surface area contributed by atoms with Gasteiger partial charge in [0.25, 0.3) is 0 Å². The van der Waals surface area contributed by atoms with E-state index in [0.29, 0.717) is 11.6 Å². The topological polar surface area (TPSA) is 41.9 Å². The Bertz CT molecular complexity index is 897. The van der Waals surface area contributed by atoms with Crippen molar-refractivity contribution in [1.29, 1.82) is 0 Å². The first-order chi connectivity index (χ1) is 13.3. The van der Waals surface area contributed by atoms with E-state index in [0.717, 1.165) is 24.2 Å². The highest BCUT2D eigenvalue weighted by Gasteiger charge is 2.24. The second-order valence-electron chi connectivity index (χ2n) is 7.93. The molecule has 1 aliphatic heterocycles. The number of cyclic esters (lactones) is 1. The Labute approximate surface area is 167 Å². The Morgan fingerprint density at radius 2 is 1.57 bits per heavy atom. The van der Waals surface area contributed by atoms with Gasteiger partial charge in [-0.1, -0.05) is 45.0 Å². The van der Waals surface area contributed by atoms with Crippen LogP contribution in [0.15, 0.2) is 59.2 Å². The van der Waals surface area contributed by atoms with Crippen LogP contribution in [0, 0.1) is 0 Å². The number of esters is 1. The van der Waals surface area contributed by atoms with E-state index < -0.39 is 5.97 Å². The lowest BCUT2D eigenvalue weighted by molar-refractivity contribution is -0.129. The van der Waals surface area contributed by atoms with Crippen LogP contribution in [-0.2, 0) is 14.9 Å². The second kappa shape index (κ2) is 8.01. The Morgan fingerprint density at radius 1 is 0.964 bits per heavy atom. The van der Waals surface area contributed by atoms with Gasteiger partial charge in [-0.05, 0) is 60.7 Å². The fraction of sp³-hybridized carbons (Fsp3) is 0.333. The van der Waals surface area contributed by atoms with Crippen LogP contribution < -0.4 is 4.90 Å². The van der Waals surface area contributed by atoms with E-state index in [1.165, 1.54) is 11.3 Å². The van der Waals surface area contributed by atoms with Gasteiger partial charge in [-0.15, -0.1) is 0 Å². The van der Waals surface area contributed by atoms with Crippen molar-refractivity contribution in [2.45, 2.75) is 40.0 Å². The van der Waals surface area contributed by atoms with Crippen LogP contribution in [-0.4, -0.2) is 25.0 Å². The van der Waals surface area contributed by atoms with Crippen LogP contribution in [0.4, 0.5) is 5.69 Å². The van der Waals surface area contributed by atoms with Gasteiger partial charge in [0.05, 0.1) is 0 Å². The zero-order valence-corrected chi connectivity index (χ0v) is 17.3. The van der Waals surface area contributed by atoms with E-state index >= 15 is 0 Å². The molecule has 4 nitrogen and oxygen atoms in total. The van der Waals surface area contributed by atoms with Crippen LogP contribution in [0.3, 0.4) is 0 Å². The summed E-state index contributed by atoms with van der Waals surface area (Å²) < 4.78 is 5.39. The molecule has 2 aromatic carbocycles. The van der Waals surface area contributed by atoms with Crippen LogP contribution in [0.1, 0.15) is 51.3 Å². The minimum absolute atomic E-state index is 0.0784. The largest absolute Gasteiger partial charge is 0.402 e. The Morgan fingerprint density at radius 3 is 2.11 bits per heavy atom. The molecule has 0 atom stereocenters. The van der Waals surface area contributed by atoms with Crippen molar-refractivity contribution in [2.24, 2.45) is 4.99 Å². The molecule has 0 bridgehead atoms. The number of anilines is 1. The molecule has 0 saturated carbocycles. The summed E-state index contributed by atoms with van der Waals surface area (Å²) in [7, 11) is 0. The van der Waals surface area contributed by atoms with Crippen molar-refractivity contribution in [3.05, 3.63) is 70.9 Å². The van der Waals surface area contributed by atoms with E-state index in [-0.39, 0.29) is 5.41 Å². The minimum atomic E-state index is -0.414. The average Bonchev–Trinajstić information content (AvgIpc) is 3.04. The van der Waals surface area contributed by atoms with Crippen molar-refractivity contribution < 1.29 is 9.53 Å². The molecule has 146 valence electrons. The smallest absolute Gasteiger partial charge is 0.363 e. The molecule has 1 aliphatic rings. The van der Waals surface area contributed by atoms with Crippen molar-refractivity contribution >= 4 is 23.6 Å². The van der Waals surface area contributed by atoms with Gasteiger partial charge >= 0.3 is 5.97 Å². The van der Waals surface area contributed by atoms with Crippen molar-refractivity contribution in [3.8, 4) is 0 Å². The van der Waals surface area contributed by atoms with Crippen molar-refractivity contribution in [1.82, 2.24) is 0 Å². The molecule has 2 aromatic rings. The summed E-state index contributed by atoms with van der Waals surface area (Å²) in [6, 6.07) is 16.1. The lowest BCUT2D eigenvalue weighted by Crippen LogP contribution is -2.21. The molecule has 0 aromatic heterocycles. The minimum Gasteiger partial charge on any atom is -0.402 e. The summed E-state index contributed by atoms with van der Waals surface area (Å²) in [5.41, 5.74) is 4.53. The molecule has 0 saturated heterocycles. The maximum atomic E-state index is 12.2. The molecular weight excluding hydrogens is 348 g/mol. The summed E-state index contributed by atoms with van der Waals surface area (Å²) in [6.45, 7) is 12.7. The SMILES string of the molecule is CCN(CC)c1ccc(/C=C2\N=C(c3ccc(C(C)(C)C)cc3)OC2=O)cc1. The van der Waals surface area contributed by atoms with Gasteiger partial charge in [0.1, 0.15) is 0 Å². The summed E-state index contributed by atoms with van der Waals surface area (Å²) in [6.07, 6.45) is 1.77. The standard InChI is InChI=1S/C24H28N2O2/c1-6-26(7-2)20-14-8-17(9-15-20)16-21-23(27)28-22(25-21)18-10-12-19(13-11-18)24(3,4)5/h8-16H,6-7H2,1-5H3/b21-16-. The average molecular weight is 377 g/mol. The fourth-order valence-corrected chi connectivity index (χ4v) is 3.17. The Hall–Kier alpha value is -2.88. The zero-order valence-electron chi connectivity index (χ0n) is 17.3. The van der Waals surface area contributed by atoms with Crippen molar-refractivity contribution in [3.63, 3.8) is 0 Å². The van der Waals surface area contributed by atoms with Gasteiger partial charge in [0.2, 0.25) is 5.90 Å². The number of hydrogen-bond donors (Lipinski definition) is 0. The lowest BCUT2D eigenvalue weighted by atomic mass is 9.87. The highest BCUT2D eigenvalue weighted by molar-refractivity contribution is 6.12. The fourth-order valence-electron chi connectivity index (χ4n) is 3.17. The summed E-state index contributed by atoms with van der Waals surface area (Å²) in [5.74, 6) is -0.0563. The first-order valence-corrected chi connectivity index (χ1v) is 9.80. The Kier molecular flexibility index (Phi) is 5.68. The lowest BCUT2D eigenvalue weighted by Gasteiger charge is -2.20. The molecule has 1 heterocycles. The Balaban J connectivity index is 1.81. The predicted molar refractivity (Wildman–Crippen MR) is 116 cm³/mol. The monoisotopic (exact) mass is 376 g/mol. The molecule has 0 unspecified atom stereocenters. The number of benzene rings is 2. The third-order valence-corrected chi connectivity index (χ3v) is 4.94. The van der Waals surface area contributed by atoms with Crippen LogP contribution in [0.2, 0.25) is 0 Å². The van der Waals surface area contributed by atoms with E-state index in [1.807, 2.05) is 24.3 Å². The quantitative estimate of drug-likeness (QED) is 0.534. The first kappa shape index (κ1) is 19.9. The molecule has 0 aliphatic carbocycles. The first-order valence-electron chi connectivity index (χ1n) is 9.80. The van der Waals surface area contributed by atoms with Gasteiger partial charge < -0.3 is 9.64 Å². The highest BCUT2D eigenvalue weighted by atomic mass is 16.6. The molecular formula is C24H28N2O2. The van der Waals surface area contributed by atoms with Crippen LogP contribution >= 0.6 is 0 Å². The maximum absolute atomic E-state index is 12.2. The van der Waals surface area contributed by atoms with Gasteiger partial charge in [0.15, 0.2) is 5.70 Å². The number of carbonyl (C=O) groups excluding carboxylic acids is 1. The van der Waals surface area contributed by atoms with Gasteiger partial charge in [-0.2, -0.15) is 0 Å². The third-order valence-electron chi connectivity index (χ3n) is 4.94. The molecule has 0 radical (unpaired) electrons. The molecule has 3 rings (SSSR count). The summed E-state index contributed by atoms with van der Waals surface area (Å²) >= 11 is 0. The van der Waals surface area contributed by atoms with E-state index in [9.17, 15) is 4.79 Å². The van der Waals surface area contributed by atoms with E-state index in [2.05, 4.69) is 68.8 Å². The number of nitrogens with zero attached hydrogens (tertiary/aromatic N) is 2. The number of ether oxygens (including phenoxy) is 1. The normalized spacial score (nSPS) is 15.5. The van der Waals surface area contributed by atoms with E-state index in [1.54, 1.807) is 6.08 Å². The molecule has 0 amide bonds. The van der Waals surface area contributed by atoms with Gasteiger partial charge in [-0.25, -0.2) is 9.79 Å². The summed E-state index contributed by atoms with van der Waals surface area (Å²) in [4.78, 5) is 18.9. The highest BCUT2D eigenvalue weighted by Crippen LogP contribution is 2.25. The second-order valence-corrected chi connectivity index (χ2v) is 7.93. The number of aliphatic imine (C=N–C) groups is 1. The summed E-state index contributed by atoms with van der Waals surface area (Å²) in [5, 5.41) is 0. The molecule has 28 heavy (non-hydrogen) atoms. The number of hydrogen-bond acceptors (Lipinski definition) is 4. The van der Waals surface area contributed by atoms with Crippen LogP contribution in [0.5, 0.6) is 0 Å². The van der Waals surface area contributed by atoms with Gasteiger partial charge in [-0.3, -0.25) is 0 Å². The number of rotatable bonds is 5. The molecule has 0 N–H and O–H groups in total. The maximum Gasteiger partial charge on any atom is 0.363 e.